The Hall–Kier alpha value is -2.44. The van der Waals surface area contributed by atoms with Crippen molar-refractivity contribution in [2.45, 2.75) is 19.0 Å². The molecule has 6 nitrogen and oxygen atoms in total. The smallest absolute Gasteiger partial charge is 0.143 e. The number of aromatic amines is 1. The van der Waals surface area contributed by atoms with Crippen molar-refractivity contribution >= 4 is 16.9 Å². The van der Waals surface area contributed by atoms with E-state index < -0.39 is 6.17 Å². The van der Waals surface area contributed by atoms with Crippen molar-refractivity contribution in [3.8, 4) is 11.1 Å². The maximum absolute atomic E-state index is 13.8. The van der Waals surface area contributed by atoms with Gasteiger partial charge in [-0.1, -0.05) is 0 Å². The van der Waals surface area contributed by atoms with Crippen LogP contribution in [0.5, 0.6) is 0 Å². The minimum atomic E-state index is -0.792. The van der Waals surface area contributed by atoms with Crippen LogP contribution < -0.4 is 4.90 Å². The molecule has 3 aromatic rings. The van der Waals surface area contributed by atoms with Crippen molar-refractivity contribution in [3.63, 3.8) is 0 Å². The molecule has 1 atom stereocenters. The SMILES string of the molecule is Cn1cc(-c2c[nH]c3ncnc(N4CCCC(F)C4)c23)cn1. The van der Waals surface area contributed by atoms with Crippen LogP contribution >= 0.6 is 0 Å². The van der Waals surface area contributed by atoms with Gasteiger partial charge in [0.05, 0.1) is 18.1 Å². The molecule has 1 aliphatic rings. The van der Waals surface area contributed by atoms with Gasteiger partial charge in [0.2, 0.25) is 0 Å². The fourth-order valence-electron chi connectivity index (χ4n) is 3.09. The first-order valence-electron chi connectivity index (χ1n) is 7.42. The molecule has 114 valence electrons. The first-order valence-corrected chi connectivity index (χ1v) is 7.42. The largest absolute Gasteiger partial charge is 0.353 e. The van der Waals surface area contributed by atoms with Crippen molar-refractivity contribution in [1.29, 1.82) is 0 Å². The summed E-state index contributed by atoms with van der Waals surface area (Å²) in [7, 11) is 1.88. The van der Waals surface area contributed by atoms with E-state index in [2.05, 4.69) is 20.1 Å². The number of anilines is 1. The van der Waals surface area contributed by atoms with Crippen LogP contribution in [-0.4, -0.2) is 44.0 Å². The molecule has 7 heteroatoms. The lowest BCUT2D eigenvalue weighted by Crippen LogP contribution is -2.37. The Labute approximate surface area is 127 Å². The Morgan fingerprint density at radius 3 is 3.05 bits per heavy atom. The lowest BCUT2D eigenvalue weighted by molar-refractivity contribution is 0.286. The number of hydrogen-bond donors (Lipinski definition) is 1. The Morgan fingerprint density at radius 2 is 2.27 bits per heavy atom. The summed E-state index contributed by atoms with van der Waals surface area (Å²) in [4.78, 5) is 13.9. The summed E-state index contributed by atoms with van der Waals surface area (Å²) >= 11 is 0. The van der Waals surface area contributed by atoms with E-state index in [0.717, 1.165) is 40.9 Å². The van der Waals surface area contributed by atoms with Crippen molar-refractivity contribution in [2.24, 2.45) is 7.05 Å². The van der Waals surface area contributed by atoms with Gasteiger partial charge >= 0.3 is 0 Å². The quantitative estimate of drug-likeness (QED) is 0.789. The molecular formula is C15H17FN6. The first-order chi connectivity index (χ1) is 10.7. The molecule has 0 spiro atoms. The second kappa shape index (κ2) is 5.08. The maximum atomic E-state index is 13.8. The van der Waals surface area contributed by atoms with Crippen LogP contribution in [0.3, 0.4) is 0 Å². The topological polar surface area (TPSA) is 62.6 Å². The molecule has 1 N–H and O–H groups in total. The fourth-order valence-corrected chi connectivity index (χ4v) is 3.09. The monoisotopic (exact) mass is 300 g/mol. The van der Waals surface area contributed by atoms with Crippen molar-refractivity contribution in [2.75, 3.05) is 18.0 Å². The summed E-state index contributed by atoms with van der Waals surface area (Å²) in [5.74, 6) is 0.799. The Kier molecular flexibility index (Phi) is 3.06. The highest BCUT2D eigenvalue weighted by Gasteiger charge is 2.24. The molecule has 1 saturated heterocycles. The van der Waals surface area contributed by atoms with Gasteiger partial charge in [-0.05, 0) is 12.8 Å². The van der Waals surface area contributed by atoms with Gasteiger partial charge in [0.1, 0.15) is 24.0 Å². The van der Waals surface area contributed by atoms with Gasteiger partial charge < -0.3 is 9.88 Å². The van der Waals surface area contributed by atoms with Crippen molar-refractivity contribution in [3.05, 3.63) is 24.9 Å². The highest BCUT2D eigenvalue weighted by Crippen LogP contribution is 2.34. The number of halogens is 1. The van der Waals surface area contributed by atoms with E-state index in [1.165, 1.54) is 6.33 Å². The Bertz CT molecular complexity index is 807. The molecule has 0 saturated carbocycles. The maximum Gasteiger partial charge on any atom is 0.143 e. The second-order valence-electron chi connectivity index (χ2n) is 5.71. The summed E-state index contributed by atoms with van der Waals surface area (Å²) in [6, 6.07) is 0. The number of nitrogens with one attached hydrogen (secondary N) is 1. The molecule has 0 amide bonds. The van der Waals surface area contributed by atoms with Crippen LogP contribution in [0.15, 0.2) is 24.9 Å². The minimum Gasteiger partial charge on any atom is -0.353 e. The zero-order chi connectivity index (χ0) is 15.1. The van der Waals surface area contributed by atoms with Crippen molar-refractivity contribution < 1.29 is 4.39 Å². The average Bonchev–Trinajstić information content (AvgIpc) is 3.12. The third-order valence-electron chi connectivity index (χ3n) is 4.13. The third kappa shape index (κ3) is 2.13. The Balaban J connectivity index is 1.86. The summed E-state index contributed by atoms with van der Waals surface area (Å²) in [6.45, 7) is 1.22. The molecular weight excluding hydrogens is 283 g/mol. The second-order valence-corrected chi connectivity index (χ2v) is 5.71. The number of piperidine rings is 1. The number of nitrogens with zero attached hydrogens (tertiary/aromatic N) is 5. The molecule has 1 aliphatic heterocycles. The number of alkyl halides is 1. The predicted octanol–water partition coefficient (Wildman–Crippen LogP) is 2.30. The molecule has 3 aromatic heterocycles. The third-order valence-corrected chi connectivity index (χ3v) is 4.13. The fraction of sp³-hybridized carbons (Fsp3) is 0.400. The lowest BCUT2D eigenvalue weighted by Gasteiger charge is -2.30. The zero-order valence-corrected chi connectivity index (χ0v) is 12.3. The number of aryl methyl sites for hydroxylation is 1. The Morgan fingerprint density at radius 1 is 1.36 bits per heavy atom. The number of fused-ring (bicyclic) bond motifs is 1. The van der Waals surface area contributed by atoms with Crippen LogP contribution in [0.4, 0.5) is 10.2 Å². The van der Waals surface area contributed by atoms with Crippen LogP contribution in [0.2, 0.25) is 0 Å². The number of aromatic nitrogens is 5. The van der Waals surface area contributed by atoms with E-state index in [9.17, 15) is 4.39 Å². The van der Waals surface area contributed by atoms with E-state index in [1.807, 2.05) is 30.5 Å². The number of hydrogen-bond acceptors (Lipinski definition) is 4. The zero-order valence-electron chi connectivity index (χ0n) is 12.3. The van der Waals surface area contributed by atoms with Gasteiger partial charge in [0, 0.05) is 37.1 Å². The molecule has 1 fully saturated rings. The molecule has 22 heavy (non-hydrogen) atoms. The van der Waals surface area contributed by atoms with E-state index in [-0.39, 0.29) is 0 Å². The molecule has 0 radical (unpaired) electrons. The highest BCUT2D eigenvalue weighted by molar-refractivity contribution is 6.00. The van der Waals surface area contributed by atoms with Gasteiger partial charge in [-0.25, -0.2) is 14.4 Å². The molecule has 0 aromatic carbocycles. The molecule has 4 heterocycles. The summed E-state index contributed by atoms with van der Waals surface area (Å²) < 4.78 is 15.5. The van der Waals surface area contributed by atoms with Gasteiger partial charge in [0.25, 0.3) is 0 Å². The lowest BCUT2D eigenvalue weighted by atomic mass is 10.1. The van der Waals surface area contributed by atoms with E-state index in [0.29, 0.717) is 13.0 Å². The van der Waals surface area contributed by atoms with Gasteiger partial charge in [-0.15, -0.1) is 0 Å². The predicted molar refractivity (Wildman–Crippen MR) is 82.4 cm³/mol. The van der Waals surface area contributed by atoms with Crippen molar-refractivity contribution in [1.82, 2.24) is 24.7 Å². The molecule has 0 bridgehead atoms. The summed E-state index contributed by atoms with van der Waals surface area (Å²) in [5, 5.41) is 5.16. The van der Waals surface area contributed by atoms with Gasteiger partial charge in [-0.2, -0.15) is 5.10 Å². The van der Waals surface area contributed by atoms with Crippen LogP contribution in [0, 0.1) is 0 Å². The van der Waals surface area contributed by atoms with E-state index in [1.54, 1.807) is 4.68 Å². The average molecular weight is 300 g/mol. The number of rotatable bonds is 2. The van der Waals surface area contributed by atoms with Crippen LogP contribution in [-0.2, 0) is 7.05 Å². The van der Waals surface area contributed by atoms with E-state index >= 15 is 0 Å². The molecule has 1 unspecified atom stereocenters. The standard InChI is InChI=1S/C15H17FN6/c1-21-7-10(5-20-21)12-6-17-14-13(12)15(19-9-18-14)22-4-2-3-11(16)8-22/h5-7,9,11H,2-4,8H2,1H3,(H,17,18,19). The molecule has 4 rings (SSSR count). The normalized spacial score (nSPS) is 19.0. The van der Waals surface area contributed by atoms with E-state index in [4.69, 9.17) is 0 Å². The highest BCUT2D eigenvalue weighted by atomic mass is 19.1. The first kappa shape index (κ1) is 13.2. The van der Waals surface area contributed by atoms with Gasteiger partial charge in [-0.3, -0.25) is 4.68 Å². The number of H-pyrrole nitrogens is 1. The van der Waals surface area contributed by atoms with Crippen LogP contribution in [0.1, 0.15) is 12.8 Å². The van der Waals surface area contributed by atoms with Gasteiger partial charge in [0.15, 0.2) is 0 Å². The van der Waals surface area contributed by atoms with Crippen LogP contribution in [0.25, 0.3) is 22.2 Å². The molecule has 0 aliphatic carbocycles. The summed E-state index contributed by atoms with van der Waals surface area (Å²) in [6.07, 6.45) is 7.90. The minimum absolute atomic E-state index is 0.393. The summed E-state index contributed by atoms with van der Waals surface area (Å²) in [5.41, 5.74) is 2.77.